The van der Waals surface area contributed by atoms with Gasteiger partial charge in [-0.1, -0.05) is 12.1 Å². The number of pyridine rings is 1. The summed E-state index contributed by atoms with van der Waals surface area (Å²) in [5, 5.41) is 0.419. The molecule has 0 saturated carbocycles. The van der Waals surface area contributed by atoms with Gasteiger partial charge in [0.2, 0.25) is 5.56 Å². The predicted molar refractivity (Wildman–Crippen MR) is 90.5 cm³/mol. The summed E-state index contributed by atoms with van der Waals surface area (Å²) in [5.41, 5.74) is 0.928. The topological polar surface area (TPSA) is 85.2 Å². The van der Waals surface area contributed by atoms with E-state index in [-0.39, 0.29) is 30.3 Å². The highest BCUT2D eigenvalue weighted by Crippen LogP contribution is 2.22. The summed E-state index contributed by atoms with van der Waals surface area (Å²) < 4.78 is 1.35. The molecule has 0 bridgehead atoms. The second-order valence-corrected chi connectivity index (χ2v) is 6.15. The van der Waals surface area contributed by atoms with Gasteiger partial charge in [0.25, 0.3) is 11.8 Å². The number of carbonyl (C=O) groups excluding carboxylic acids is 2. The summed E-state index contributed by atoms with van der Waals surface area (Å²) in [5.74, 6) is -0.202. The zero-order valence-corrected chi connectivity index (χ0v) is 14.2. The van der Waals surface area contributed by atoms with Gasteiger partial charge in [0, 0.05) is 19.2 Å². The molecule has 0 saturated heterocycles. The van der Waals surface area contributed by atoms with Gasteiger partial charge in [0.05, 0.1) is 22.3 Å². The number of fused-ring (bicyclic) bond motifs is 2. The van der Waals surface area contributed by atoms with Crippen LogP contribution in [0, 0.1) is 0 Å². The van der Waals surface area contributed by atoms with Crippen LogP contribution in [0.3, 0.4) is 0 Å². The Morgan fingerprint density at radius 1 is 0.960 bits per heavy atom. The highest BCUT2D eigenvalue weighted by molar-refractivity contribution is 6.21. The minimum Gasteiger partial charge on any atom is -0.410 e. The number of carbonyl (C=O) groups is 2. The lowest BCUT2D eigenvalue weighted by molar-refractivity contribution is 0.0655. The standard InChI is InChI=1S/C17H12N4O3.Al/c22-15-12-6-3-8-18-14(12)19-13(20-15)7-9-21-16(23)10-4-1-2-5-11(10)17(21)24;/h1-6,8H,7,9H2,(H,18,19,20,22);/q;+1/p-1. The molecule has 7 nitrogen and oxygen atoms in total. The lowest BCUT2D eigenvalue weighted by Gasteiger charge is -2.15. The smallest absolute Gasteiger partial charge is 0.325 e. The number of hydrogen-bond acceptors (Lipinski definition) is 5. The molecule has 0 spiro atoms. The Hall–Kier alpha value is -2.82. The molecular weight excluding hydrogens is 335 g/mol. The zero-order valence-electron chi connectivity index (χ0n) is 13.0. The van der Waals surface area contributed by atoms with Crippen LogP contribution in [0.25, 0.3) is 11.0 Å². The Balaban J connectivity index is 1.64. The van der Waals surface area contributed by atoms with Gasteiger partial charge in [-0.25, -0.2) is 9.97 Å². The largest absolute Gasteiger partial charge is 0.410 e. The van der Waals surface area contributed by atoms with Gasteiger partial charge < -0.3 is 3.55 Å². The van der Waals surface area contributed by atoms with Gasteiger partial charge in [0.1, 0.15) is 0 Å². The summed E-state index contributed by atoms with van der Waals surface area (Å²) >= 11 is 2.32. The maximum atomic E-state index is 12.4. The van der Waals surface area contributed by atoms with Gasteiger partial charge in [-0.3, -0.25) is 19.3 Å². The van der Waals surface area contributed by atoms with Crippen molar-refractivity contribution in [2.75, 3.05) is 6.54 Å². The molecule has 2 radical (unpaired) electrons. The minimum atomic E-state index is -0.322. The first kappa shape index (κ1) is 15.7. The van der Waals surface area contributed by atoms with Crippen molar-refractivity contribution in [3.05, 3.63) is 69.9 Å². The molecule has 0 N–H and O–H groups in total. The first-order valence-electron chi connectivity index (χ1n) is 7.65. The lowest BCUT2D eigenvalue weighted by Crippen LogP contribution is -2.33. The van der Waals surface area contributed by atoms with Gasteiger partial charge in [-0.15, -0.1) is 0 Å². The van der Waals surface area contributed by atoms with E-state index in [1.54, 1.807) is 42.6 Å². The van der Waals surface area contributed by atoms with E-state index in [4.69, 9.17) is 0 Å². The summed E-state index contributed by atoms with van der Waals surface area (Å²) in [7, 11) is 0. The van der Waals surface area contributed by atoms with Crippen LogP contribution in [0.2, 0.25) is 0 Å². The molecule has 3 aromatic rings. The van der Waals surface area contributed by atoms with E-state index < -0.39 is 0 Å². The lowest BCUT2D eigenvalue weighted by atomic mass is 10.1. The summed E-state index contributed by atoms with van der Waals surface area (Å²) in [6.45, 7) is 0.144. The molecule has 8 heteroatoms. The fraction of sp³-hybridized carbons (Fsp3) is 0.118. The normalized spacial score (nSPS) is 13.5. The highest BCUT2D eigenvalue weighted by atomic mass is 27.1. The van der Waals surface area contributed by atoms with Crippen molar-refractivity contribution in [3.8, 4) is 0 Å². The van der Waals surface area contributed by atoms with Crippen LogP contribution in [0.1, 0.15) is 26.5 Å². The van der Waals surface area contributed by atoms with Gasteiger partial charge in [-0.2, -0.15) is 0 Å². The van der Waals surface area contributed by atoms with Crippen molar-refractivity contribution in [1.82, 2.24) is 18.4 Å². The second-order valence-electron chi connectivity index (χ2n) is 5.64. The zero-order chi connectivity index (χ0) is 17.6. The third-order valence-electron chi connectivity index (χ3n) is 4.19. The molecule has 0 aliphatic carbocycles. The number of imide groups is 1. The molecule has 1 aliphatic heterocycles. The third-order valence-corrected chi connectivity index (χ3v) is 4.72. The molecule has 0 fully saturated rings. The average Bonchev–Trinajstić information content (AvgIpc) is 2.88. The fourth-order valence-electron chi connectivity index (χ4n) is 2.91. The van der Waals surface area contributed by atoms with Gasteiger partial charge >= 0.3 is 16.5 Å². The van der Waals surface area contributed by atoms with Crippen molar-refractivity contribution < 1.29 is 9.59 Å². The van der Waals surface area contributed by atoms with Crippen LogP contribution >= 0.6 is 0 Å². The Kier molecular flexibility index (Phi) is 3.72. The van der Waals surface area contributed by atoms with Crippen molar-refractivity contribution in [2.45, 2.75) is 6.42 Å². The first-order chi connectivity index (χ1) is 12.1. The Morgan fingerprint density at radius 3 is 2.32 bits per heavy atom. The van der Waals surface area contributed by atoms with Crippen molar-refractivity contribution in [2.24, 2.45) is 0 Å². The van der Waals surface area contributed by atoms with Crippen molar-refractivity contribution in [1.29, 1.82) is 0 Å². The molecule has 4 rings (SSSR count). The SMILES string of the molecule is O=C1c2ccccc2C(=O)N1CCc1nc2ncccc2c(=O)[n]1[Al]. The van der Waals surface area contributed by atoms with E-state index in [0.717, 1.165) is 0 Å². The van der Waals surface area contributed by atoms with Gasteiger partial charge in [0.15, 0.2) is 5.65 Å². The van der Waals surface area contributed by atoms with Crippen molar-refractivity contribution in [3.63, 3.8) is 0 Å². The van der Waals surface area contributed by atoms with E-state index >= 15 is 0 Å². The number of benzene rings is 1. The minimum absolute atomic E-state index is 0.144. The number of rotatable bonds is 3. The summed E-state index contributed by atoms with van der Waals surface area (Å²) in [4.78, 5) is 46.8. The van der Waals surface area contributed by atoms with Crippen molar-refractivity contribution >= 4 is 39.4 Å². The molecule has 0 atom stereocenters. The summed E-state index contributed by atoms with van der Waals surface area (Å²) in [6, 6.07) is 10.1. The van der Waals surface area contributed by atoms with E-state index in [1.807, 2.05) is 0 Å². The Bertz CT molecular complexity index is 1060. The number of nitrogens with zero attached hydrogens (tertiary/aromatic N) is 4. The van der Waals surface area contributed by atoms with Gasteiger partial charge in [-0.05, 0) is 24.3 Å². The first-order valence-corrected chi connectivity index (χ1v) is 8.16. The number of hydrogen-bond donors (Lipinski definition) is 0. The van der Waals surface area contributed by atoms with Crippen LogP contribution in [0.4, 0.5) is 0 Å². The average molecular weight is 346 g/mol. The predicted octanol–water partition coefficient (Wildman–Crippen LogP) is 0.562. The molecule has 1 aromatic carbocycles. The monoisotopic (exact) mass is 346 g/mol. The molecular formula is C17H11AlN4O3. The van der Waals surface area contributed by atoms with Crippen LogP contribution in [-0.4, -0.2) is 53.3 Å². The van der Waals surface area contributed by atoms with E-state index in [9.17, 15) is 14.4 Å². The molecule has 0 unspecified atom stereocenters. The molecule has 25 heavy (non-hydrogen) atoms. The molecule has 3 heterocycles. The maximum absolute atomic E-state index is 12.4. The Labute approximate surface area is 150 Å². The third kappa shape index (κ3) is 2.47. The summed E-state index contributed by atoms with van der Waals surface area (Å²) in [6.07, 6.45) is 1.83. The Morgan fingerprint density at radius 2 is 1.64 bits per heavy atom. The van der Waals surface area contributed by atoms with Crippen LogP contribution in [0.5, 0.6) is 0 Å². The molecule has 2 aromatic heterocycles. The molecule has 120 valence electrons. The van der Waals surface area contributed by atoms with E-state index in [2.05, 4.69) is 26.5 Å². The molecule has 2 amide bonds. The fourth-order valence-corrected chi connectivity index (χ4v) is 3.23. The maximum Gasteiger partial charge on any atom is 0.325 e. The second kappa shape index (κ2) is 5.92. The van der Waals surface area contributed by atoms with Crippen LogP contribution < -0.4 is 5.56 Å². The highest BCUT2D eigenvalue weighted by Gasteiger charge is 2.34. The number of amides is 2. The van der Waals surface area contributed by atoms with Crippen LogP contribution in [0.15, 0.2) is 47.4 Å². The molecule has 1 aliphatic rings. The van der Waals surface area contributed by atoms with E-state index in [0.29, 0.717) is 28.0 Å². The van der Waals surface area contributed by atoms with E-state index in [1.165, 1.54) is 8.45 Å². The van der Waals surface area contributed by atoms with Crippen LogP contribution in [-0.2, 0) is 6.42 Å². The quantitative estimate of drug-likeness (QED) is 0.511. The number of aromatic nitrogens is 3.